The Kier molecular flexibility index (Phi) is 3.59. The summed E-state index contributed by atoms with van der Waals surface area (Å²) in [6.07, 6.45) is 3.60. The number of hydrogen-bond acceptors (Lipinski definition) is 6. The third-order valence-electron chi connectivity index (χ3n) is 4.57. The molecule has 0 amide bonds. The third-order valence-corrected chi connectivity index (χ3v) is 5.81. The molecule has 3 aliphatic carbocycles. The fraction of sp³-hybridized carbons (Fsp3) is 0.467. The Balaban J connectivity index is 1.59. The summed E-state index contributed by atoms with van der Waals surface area (Å²) in [6, 6.07) is 6.03. The van der Waals surface area contributed by atoms with E-state index >= 15 is 0 Å². The van der Waals surface area contributed by atoms with Gasteiger partial charge in [0.15, 0.2) is 0 Å². The molecule has 3 aliphatic rings. The van der Waals surface area contributed by atoms with Crippen molar-refractivity contribution in [3.05, 3.63) is 24.3 Å². The second-order valence-corrected chi connectivity index (χ2v) is 7.85. The highest BCUT2D eigenvalue weighted by atomic mass is 32.2. The van der Waals surface area contributed by atoms with E-state index in [0.717, 1.165) is 0 Å². The lowest BCUT2D eigenvalue weighted by atomic mass is 9.35. The van der Waals surface area contributed by atoms with Crippen LogP contribution in [0.5, 0.6) is 5.75 Å². The molecule has 8 heteroatoms. The Morgan fingerprint density at radius 1 is 1.22 bits per heavy atom. The lowest BCUT2D eigenvalue weighted by molar-refractivity contribution is -0.201. The Hall–Kier alpha value is -2.09. The van der Waals surface area contributed by atoms with Crippen molar-refractivity contribution in [3.8, 4) is 5.75 Å². The van der Waals surface area contributed by atoms with Crippen LogP contribution in [-0.2, 0) is 19.6 Å². The summed E-state index contributed by atoms with van der Waals surface area (Å²) in [5, 5.41) is 3.86. The van der Waals surface area contributed by atoms with Crippen LogP contribution >= 0.6 is 0 Å². The molecule has 2 bridgehead atoms. The van der Waals surface area contributed by atoms with Crippen molar-refractivity contribution in [3.63, 3.8) is 0 Å². The molecule has 0 aliphatic heterocycles. The molecule has 3 saturated carbocycles. The lowest BCUT2D eigenvalue weighted by Gasteiger charge is -2.66. The molecule has 0 atom stereocenters. The van der Waals surface area contributed by atoms with E-state index in [1.54, 1.807) is 18.3 Å². The third kappa shape index (κ3) is 2.56. The zero-order chi connectivity index (χ0) is 16.7. The first kappa shape index (κ1) is 15.8. The maximum absolute atomic E-state index is 12.1. The zero-order valence-corrected chi connectivity index (χ0v) is 13.7. The number of esters is 1. The molecular weight excluding hydrogens is 320 g/mol. The lowest BCUT2D eigenvalue weighted by Crippen LogP contribution is -2.66. The van der Waals surface area contributed by atoms with Gasteiger partial charge < -0.3 is 9.47 Å². The number of carbonyl (C=O) groups is 1. The van der Waals surface area contributed by atoms with Crippen molar-refractivity contribution < 1.29 is 22.7 Å². The smallest absolute Gasteiger partial charge is 0.311 e. The first-order valence-corrected chi connectivity index (χ1v) is 8.62. The van der Waals surface area contributed by atoms with Crippen molar-refractivity contribution in [2.24, 2.45) is 15.9 Å². The molecule has 1 aromatic rings. The van der Waals surface area contributed by atoms with E-state index in [1.165, 1.54) is 26.4 Å². The number of carbonyl (C=O) groups excluding carboxylic acids is 1. The molecule has 4 rings (SSSR count). The fourth-order valence-corrected chi connectivity index (χ4v) is 4.27. The predicted molar refractivity (Wildman–Crippen MR) is 82.5 cm³/mol. The molecule has 0 spiro atoms. The van der Waals surface area contributed by atoms with Gasteiger partial charge in [-0.25, -0.2) is 4.83 Å². The molecule has 1 N–H and O–H groups in total. The molecule has 0 radical (unpaired) electrons. The fourth-order valence-electron chi connectivity index (χ4n) is 3.48. The summed E-state index contributed by atoms with van der Waals surface area (Å²) in [5.74, 6) is 0.390. The summed E-state index contributed by atoms with van der Waals surface area (Å²) in [7, 11) is -0.814. The quantitative estimate of drug-likeness (QED) is 0.479. The minimum Gasteiger partial charge on any atom is -0.497 e. The van der Waals surface area contributed by atoms with Crippen LogP contribution in [0, 0.1) is 10.8 Å². The number of methoxy groups -OCH3 is 2. The number of nitrogens with zero attached hydrogens (tertiary/aromatic N) is 1. The monoisotopic (exact) mass is 338 g/mol. The number of sulfonamides is 1. The molecule has 1 aromatic carbocycles. The predicted octanol–water partition coefficient (Wildman–Crippen LogP) is 1.30. The second-order valence-electron chi connectivity index (χ2n) is 6.19. The minimum atomic E-state index is -3.71. The highest BCUT2D eigenvalue weighted by Gasteiger charge is 2.71. The van der Waals surface area contributed by atoms with Gasteiger partial charge in [0.05, 0.1) is 24.5 Å². The van der Waals surface area contributed by atoms with Gasteiger partial charge in [-0.05, 0) is 43.5 Å². The molecule has 0 saturated heterocycles. The van der Waals surface area contributed by atoms with Crippen LogP contribution in [0.15, 0.2) is 34.3 Å². The summed E-state index contributed by atoms with van der Waals surface area (Å²) < 4.78 is 34.0. The second kappa shape index (κ2) is 5.23. The van der Waals surface area contributed by atoms with Crippen molar-refractivity contribution in [1.29, 1.82) is 0 Å². The molecule has 0 aromatic heterocycles. The Bertz CT molecular complexity index is 735. The SMILES string of the molecule is COC(=O)C12CC(/C=N/NS(=O)(=O)c3ccc(OC)cc3)(C1)C2. The number of hydrogen-bond donors (Lipinski definition) is 1. The van der Waals surface area contributed by atoms with Gasteiger partial charge in [0.2, 0.25) is 0 Å². The van der Waals surface area contributed by atoms with Crippen molar-refractivity contribution >= 4 is 22.2 Å². The molecule has 0 heterocycles. The summed E-state index contributed by atoms with van der Waals surface area (Å²) in [5.41, 5.74) is -0.535. The average Bonchev–Trinajstić information content (AvgIpc) is 2.47. The number of rotatable bonds is 6. The maximum atomic E-state index is 12.1. The molecular formula is C15H18N2O5S. The molecule has 7 nitrogen and oxygen atoms in total. The van der Waals surface area contributed by atoms with Crippen LogP contribution in [0.1, 0.15) is 19.3 Å². The Morgan fingerprint density at radius 3 is 2.35 bits per heavy atom. The summed E-state index contributed by atoms with van der Waals surface area (Å²) in [6.45, 7) is 0. The average molecular weight is 338 g/mol. The van der Waals surface area contributed by atoms with Gasteiger partial charge in [0.25, 0.3) is 10.0 Å². The van der Waals surface area contributed by atoms with Gasteiger partial charge >= 0.3 is 5.97 Å². The first-order chi connectivity index (χ1) is 10.8. The summed E-state index contributed by atoms with van der Waals surface area (Å²) in [4.78, 5) is 13.9. The van der Waals surface area contributed by atoms with E-state index in [0.29, 0.717) is 25.0 Å². The van der Waals surface area contributed by atoms with E-state index in [1.807, 2.05) is 0 Å². The standard InChI is InChI=1S/C15H18N2O5S/c1-21-11-3-5-12(6-4-11)23(19,20)17-16-10-14-7-15(8-14,9-14)13(18)22-2/h3-6,10,17H,7-9H2,1-2H3/b16-10+. The minimum absolute atomic E-state index is 0.110. The van der Waals surface area contributed by atoms with Gasteiger partial charge in [-0.2, -0.15) is 13.5 Å². The Morgan fingerprint density at radius 2 is 1.83 bits per heavy atom. The Labute approximate surface area is 134 Å². The molecule has 23 heavy (non-hydrogen) atoms. The number of hydrazone groups is 1. The van der Waals surface area contributed by atoms with E-state index < -0.39 is 10.0 Å². The molecule has 0 unspecified atom stereocenters. The first-order valence-electron chi connectivity index (χ1n) is 7.13. The van der Waals surface area contributed by atoms with Gasteiger partial charge in [0.1, 0.15) is 5.75 Å². The van der Waals surface area contributed by atoms with Gasteiger partial charge in [-0.15, -0.1) is 0 Å². The van der Waals surface area contributed by atoms with Gasteiger partial charge in [-0.3, -0.25) is 4.79 Å². The van der Waals surface area contributed by atoms with Gasteiger partial charge in [-0.1, -0.05) is 0 Å². The van der Waals surface area contributed by atoms with Crippen LogP contribution in [-0.4, -0.2) is 34.8 Å². The highest BCUT2D eigenvalue weighted by Crippen LogP contribution is 2.72. The zero-order valence-electron chi connectivity index (χ0n) is 12.9. The van der Waals surface area contributed by atoms with Gasteiger partial charge in [0, 0.05) is 11.6 Å². The van der Waals surface area contributed by atoms with Crippen LogP contribution in [0.25, 0.3) is 0 Å². The topological polar surface area (TPSA) is 94.1 Å². The van der Waals surface area contributed by atoms with E-state index in [-0.39, 0.29) is 21.7 Å². The van der Waals surface area contributed by atoms with Crippen LogP contribution in [0.4, 0.5) is 0 Å². The van der Waals surface area contributed by atoms with E-state index in [9.17, 15) is 13.2 Å². The van der Waals surface area contributed by atoms with E-state index in [2.05, 4.69) is 9.93 Å². The molecule has 124 valence electrons. The highest BCUT2D eigenvalue weighted by molar-refractivity contribution is 7.89. The van der Waals surface area contributed by atoms with Crippen LogP contribution in [0.3, 0.4) is 0 Å². The number of benzene rings is 1. The van der Waals surface area contributed by atoms with Crippen molar-refractivity contribution in [1.82, 2.24) is 4.83 Å². The van der Waals surface area contributed by atoms with Crippen molar-refractivity contribution in [2.75, 3.05) is 14.2 Å². The van der Waals surface area contributed by atoms with Crippen molar-refractivity contribution in [2.45, 2.75) is 24.2 Å². The van der Waals surface area contributed by atoms with Crippen LogP contribution in [0.2, 0.25) is 0 Å². The summed E-state index contributed by atoms with van der Waals surface area (Å²) >= 11 is 0. The maximum Gasteiger partial charge on any atom is 0.311 e. The normalized spacial score (nSPS) is 28.6. The van der Waals surface area contributed by atoms with Crippen LogP contribution < -0.4 is 9.57 Å². The largest absolute Gasteiger partial charge is 0.497 e. The molecule has 3 fully saturated rings. The number of nitrogens with one attached hydrogen (secondary N) is 1. The van der Waals surface area contributed by atoms with E-state index in [4.69, 9.17) is 9.47 Å². The number of ether oxygens (including phenoxy) is 2.